The monoisotopic (exact) mass is 344 g/mol. The summed E-state index contributed by atoms with van der Waals surface area (Å²) in [6.45, 7) is 0. The molecule has 0 bridgehead atoms. The maximum atomic E-state index is 11.9. The molecule has 0 aliphatic carbocycles. The van der Waals surface area contributed by atoms with Crippen LogP contribution in [0.15, 0.2) is 22.5 Å². The second-order valence-corrected chi connectivity index (χ2v) is 6.42. The van der Waals surface area contributed by atoms with Crippen LogP contribution in [0.25, 0.3) is 0 Å². The lowest BCUT2D eigenvalue weighted by Gasteiger charge is -2.07. The zero-order chi connectivity index (χ0) is 15.2. The molecule has 1 aromatic heterocycles. The SMILES string of the molecule is CNc1nnc(SCC(=O)Nc2ccc(OC)c(Cl)c2)s1. The Kier molecular flexibility index (Phi) is 5.66. The summed E-state index contributed by atoms with van der Waals surface area (Å²) in [5.41, 5.74) is 0.625. The van der Waals surface area contributed by atoms with Crippen LogP contribution in [0.2, 0.25) is 5.02 Å². The highest BCUT2D eigenvalue weighted by atomic mass is 35.5. The van der Waals surface area contributed by atoms with Gasteiger partial charge in [0.2, 0.25) is 11.0 Å². The van der Waals surface area contributed by atoms with Crippen molar-refractivity contribution in [3.63, 3.8) is 0 Å². The number of nitrogens with one attached hydrogen (secondary N) is 2. The average Bonchev–Trinajstić information content (AvgIpc) is 2.93. The Balaban J connectivity index is 1.88. The lowest BCUT2D eigenvalue weighted by Crippen LogP contribution is -2.13. The molecule has 9 heteroatoms. The van der Waals surface area contributed by atoms with Crippen LogP contribution in [0.5, 0.6) is 5.75 Å². The Bertz CT molecular complexity index is 635. The molecular weight excluding hydrogens is 332 g/mol. The van der Waals surface area contributed by atoms with Gasteiger partial charge in [0.15, 0.2) is 4.34 Å². The number of halogens is 1. The van der Waals surface area contributed by atoms with E-state index >= 15 is 0 Å². The third-order valence-corrected chi connectivity index (χ3v) is 4.75. The second kappa shape index (κ2) is 7.48. The number of anilines is 2. The molecule has 6 nitrogen and oxygen atoms in total. The molecular formula is C12H13ClN4O2S2. The molecule has 1 heterocycles. The molecule has 2 N–H and O–H groups in total. The average molecular weight is 345 g/mol. The van der Waals surface area contributed by atoms with Crippen molar-refractivity contribution in [3.05, 3.63) is 23.2 Å². The Morgan fingerprint density at radius 2 is 2.29 bits per heavy atom. The number of amides is 1. The molecule has 0 spiro atoms. The van der Waals surface area contributed by atoms with Crippen LogP contribution in [0.4, 0.5) is 10.8 Å². The van der Waals surface area contributed by atoms with Crippen LogP contribution in [0, 0.1) is 0 Å². The van der Waals surface area contributed by atoms with E-state index in [-0.39, 0.29) is 11.7 Å². The lowest BCUT2D eigenvalue weighted by atomic mass is 10.3. The second-order valence-electron chi connectivity index (χ2n) is 3.81. The van der Waals surface area contributed by atoms with Gasteiger partial charge in [-0.1, -0.05) is 34.7 Å². The molecule has 2 rings (SSSR count). The molecule has 0 radical (unpaired) electrons. The summed E-state index contributed by atoms with van der Waals surface area (Å²) in [6.07, 6.45) is 0. The van der Waals surface area contributed by atoms with Crippen LogP contribution >= 0.6 is 34.7 Å². The normalized spacial score (nSPS) is 10.2. The number of carbonyl (C=O) groups excluding carboxylic acids is 1. The van der Waals surface area contributed by atoms with E-state index in [1.54, 1.807) is 25.2 Å². The molecule has 1 amide bonds. The molecule has 0 saturated heterocycles. The largest absolute Gasteiger partial charge is 0.495 e. The van der Waals surface area contributed by atoms with Gasteiger partial charge in [-0.3, -0.25) is 4.79 Å². The standard InChI is InChI=1S/C12H13ClN4O2S2/c1-14-11-16-17-12(21-11)20-6-10(18)15-7-3-4-9(19-2)8(13)5-7/h3-5H,6H2,1-2H3,(H,14,16)(H,15,18). The molecule has 2 aromatic rings. The highest BCUT2D eigenvalue weighted by molar-refractivity contribution is 8.01. The quantitative estimate of drug-likeness (QED) is 0.785. The van der Waals surface area contributed by atoms with Gasteiger partial charge in [0.1, 0.15) is 5.75 Å². The predicted octanol–water partition coefficient (Wildman–Crippen LogP) is 2.97. The lowest BCUT2D eigenvalue weighted by molar-refractivity contribution is -0.113. The number of nitrogens with zero attached hydrogens (tertiary/aromatic N) is 2. The van der Waals surface area contributed by atoms with Gasteiger partial charge >= 0.3 is 0 Å². The summed E-state index contributed by atoms with van der Waals surface area (Å²) in [4.78, 5) is 11.9. The summed E-state index contributed by atoms with van der Waals surface area (Å²) in [5.74, 6) is 0.682. The van der Waals surface area contributed by atoms with Gasteiger partial charge in [0.25, 0.3) is 0 Å². The number of benzene rings is 1. The van der Waals surface area contributed by atoms with Crippen molar-refractivity contribution in [1.82, 2.24) is 10.2 Å². The van der Waals surface area contributed by atoms with E-state index in [1.807, 2.05) is 0 Å². The van der Waals surface area contributed by atoms with Gasteiger partial charge in [-0.25, -0.2) is 0 Å². The third-order valence-electron chi connectivity index (χ3n) is 2.38. The maximum Gasteiger partial charge on any atom is 0.234 e. The van der Waals surface area contributed by atoms with Crippen LogP contribution in [0.3, 0.4) is 0 Å². The van der Waals surface area contributed by atoms with Crippen molar-refractivity contribution in [2.24, 2.45) is 0 Å². The zero-order valence-corrected chi connectivity index (χ0v) is 13.7. The van der Waals surface area contributed by atoms with E-state index < -0.39 is 0 Å². The molecule has 0 fully saturated rings. The maximum absolute atomic E-state index is 11.9. The number of aromatic nitrogens is 2. The Morgan fingerprint density at radius 3 is 2.90 bits per heavy atom. The minimum Gasteiger partial charge on any atom is -0.495 e. The van der Waals surface area contributed by atoms with Crippen LogP contribution in [-0.2, 0) is 4.79 Å². The number of thioether (sulfide) groups is 1. The molecule has 112 valence electrons. The van der Waals surface area contributed by atoms with E-state index in [4.69, 9.17) is 16.3 Å². The minimum absolute atomic E-state index is 0.137. The van der Waals surface area contributed by atoms with Crippen molar-refractivity contribution in [2.75, 3.05) is 30.5 Å². The molecule has 0 unspecified atom stereocenters. The molecule has 0 aliphatic rings. The van der Waals surface area contributed by atoms with E-state index in [0.29, 0.717) is 16.5 Å². The van der Waals surface area contributed by atoms with Gasteiger partial charge in [-0.15, -0.1) is 10.2 Å². The smallest absolute Gasteiger partial charge is 0.234 e. The molecule has 0 aliphatic heterocycles. The van der Waals surface area contributed by atoms with Gasteiger partial charge in [-0.2, -0.15) is 0 Å². The van der Waals surface area contributed by atoms with Gasteiger partial charge in [-0.05, 0) is 18.2 Å². The van der Waals surface area contributed by atoms with E-state index in [0.717, 1.165) is 9.47 Å². The van der Waals surface area contributed by atoms with E-state index in [2.05, 4.69) is 20.8 Å². The van der Waals surface area contributed by atoms with Crippen LogP contribution < -0.4 is 15.4 Å². The first-order valence-corrected chi connectivity index (χ1v) is 8.08. The predicted molar refractivity (Wildman–Crippen MR) is 86.8 cm³/mol. The van der Waals surface area contributed by atoms with Gasteiger partial charge in [0.05, 0.1) is 17.9 Å². The first-order chi connectivity index (χ1) is 10.1. The topological polar surface area (TPSA) is 76.1 Å². The van der Waals surface area contributed by atoms with Gasteiger partial charge < -0.3 is 15.4 Å². The molecule has 1 aromatic carbocycles. The Morgan fingerprint density at radius 1 is 1.48 bits per heavy atom. The van der Waals surface area contributed by atoms with Crippen LogP contribution in [-0.4, -0.2) is 36.0 Å². The van der Waals surface area contributed by atoms with Crippen molar-refractivity contribution in [3.8, 4) is 5.75 Å². The van der Waals surface area contributed by atoms with Crippen LogP contribution in [0.1, 0.15) is 0 Å². The zero-order valence-electron chi connectivity index (χ0n) is 11.3. The number of rotatable bonds is 6. The number of carbonyl (C=O) groups is 1. The summed E-state index contributed by atoms with van der Waals surface area (Å²) in [6, 6.07) is 5.08. The summed E-state index contributed by atoms with van der Waals surface area (Å²) < 4.78 is 5.79. The number of hydrogen-bond acceptors (Lipinski definition) is 7. The summed E-state index contributed by atoms with van der Waals surface area (Å²) >= 11 is 8.73. The minimum atomic E-state index is -0.137. The van der Waals surface area contributed by atoms with Crippen molar-refractivity contribution in [2.45, 2.75) is 4.34 Å². The third kappa shape index (κ3) is 4.48. The first-order valence-electron chi connectivity index (χ1n) is 5.90. The number of methoxy groups -OCH3 is 1. The molecule has 21 heavy (non-hydrogen) atoms. The van der Waals surface area contributed by atoms with E-state index in [1.165, 1.54) is 30.2 Å². The van der Waals surface area contributed by atoms with Crippen molar-refractivity contribution < 1.29 is 9.53 Å². The van der Waals surface area contributed by atoms with Crippen molar-refractivity contribution >= 4 is 51.4 Å². The fourth-order valence-electron chi connectivity index (χ4n) is 1.44. The summed E-state index contributed by atoms with van der Waals surface area (Å²) in [7, 11) is 3.31. The molecule has 0 atom stereocenters. The molecule has 0 saturated carbocycles. The Hall–Kier alpha value is -1.51. The highest BCUT2D eigenvalue weighted by Gasteiger charge is 2.09. The number of hydrogen-bond donors (Lipinski definition) is 2. The Labute approximate surface area is 135 Å². The highest BCUT2D eigenvalue weighted by Crippen LogP contribution is 2.28. The van der Waals surface area contributed by atoms with Crippen molar-refractivity contribution in [1.29, 1.82) is 0 Å². The first kappa shape index (κ1) is 15.9. The fraction of sp³-hybridized carbons (Fsp3) is 0.250. The fourth-order valence-corrected chi connectivity index (χ4v) is 3.20. The summed E-state index contributed by atoms with van der Waals surface area (Å²) in [5, 5.41) is 14.7. The van der Waals surface area contributed by atoms with Gasteiger partial charge in [0, 0.05) is 12.7 Å². The number of ether oxygens (including phenoxy) is 1. The van der Waals surface area contributed by atoms with E-state index in [9.17, 15) is 4.79 Å².